The molecular weight excluding hydrogens is 382 g/mol. The molecule has 3 heterocycles. The minimum Gasteiger partial charge on any atom is -0.336 e. The molecule has 0 spiro atoms. The van der Waals surface area contributed by atoms with Gasteiger partial charge in [-0.3, -0.25) is 19.5 Å². The quantitative estimate of drug-likeness (QED) is 0.700. The number of carbonyl (C=O) groups excluding carboxylic acids is 2. The van der Waals surface area contributed by atoms with Gasteiger partial charge >= 0.3 is 0 Å². The number of rotatable bonds is 5. The normalized spacial score (nSPS) is 12.7. The van der Waals surface area contributed by atoms with Gasteiger partial charge in [0.25, 0.3) is 11.5 Å². The number of anilines is 1. The number of para-hydroxylation sites is 1. The summed E-state index contributed by atoms with van der Waals surface area (Å²) in [6, 6.07) is 12.4. The smallest absolute Gasteiger partial charge is 0.255 e. The van der Waals surface area contributed by atoms with Gasteiger partial charge in [-0.1, -0.05) is 18.2 Å². The zero-order valence-electron chi connectivity index (χ0n) is 17.0. The summed E-state index contributed by atoms with van der Waals surface area (Å²) in [5.74, 6) is -0.421. The molecule has 30 heavy (non-hydrogen) atoms. The predicted octanol–water partition coefficient (Wildman–Crippen LogP) is 1.74. The molecule has 0 saturated heterocycles. The highest BCUT2D eigenvalue weighted by molar-refractivity contribution is 5.96. The topological polar surface area (TPSA) is 91.3 Å². The van der Waals surface area contributed by atoms with E-state index in [4.69, 9.17) is 0 Å². The number of carbonyl (C=O) groups is 2. The molecule has 1 N–H and O–H groups in total. The summed E-state index contributed by atoms with van der Waals surface area (Å²) in [6.07, 6.45) is 2.25. The van der Waals surface area contributed by atoms with Gasteiger partial charge in [-0.15, -0.1) is 0 Å². The second-order valence-electron chi connectivity index (χ2n) is 7.51. The molecule has 0 saturated carbocycles. The van der Waals surface area contributed by atoms with Crippen LogP contribution in [0.5, 0.6) is 0 Å². The molecule has 2 aromatic heterocycles. The van der Waals surface area contributed by atoms with Crippen molar-refractivity contribution in [3.05, 3.63) is 81.5 Å². The Bertz CT molecular complexity index is 1160. The average Bonchev–Trinajstić information content (AvgIpc) is 3.35. The van der Waals surface area contributed by atoms with E-state index in [0.29, 0.717) is 18.7 Å². The van der Waals surface area contributed by atoms with Crippen molar-refractivity contribution in [1.29, 1.82) is 0 Å². The van der Waals surface area contributed by atoms with Crippen molar-refractivity contribution in [3.8, 4) is 0 Å². The Labute approximate surface area is 173 Å². The summed E-state index contributed by atoms with van der Waals surface area (Å²) < 4.78 is 1.29. The van der Waals surface area contributed by atoms with Gasteiger partial charge in [-0.2, -0.15) is 5.10 Å². The molecule has 154 valence electrons. The van der Waals surface area contributed by atoms with Crippen molar-refractivity contribution >= 4 is 17.5 Å². The van der Waals surface area contributed by atoms with Crippen LogP contribution in [0.3, 0.4) is 0 Å². The predicted molar refractivity (Wildman–Crippen MR) is 112 cm³/mol. The summed E-state index contributed by atoms with van der Waals surface area (Å²) in [6.45, 7) is 2.71. The lowest BCUT2D eigenvalue weighted by Crippen LogP contribution is -2.36. The molecule has 0 radical (unpaired) electrons. The fourth-order valence-corrected chi connectivity index (χ4v) is 3.70. The fourth-order valence-electron chi connectivity index (χ4n) is 3.70. The molecular formula is C22H23N5O3. The Morgan fingerprint density at radius 2 is 2.00 bits per heavy atom. The standard InChI is InChI=1S/C22H23N5O3/c1-15-11-18(24-23-15)13-25(2)22(30)17-7-8-20(28)26(12-17)14-21(29)27-10-9-16-5-3-4-6-19(16)27/h3-8,11-12H,9-10,13-14H2,1-2H3,(H,23,24). The first-order valence-electron chi connectivity index (χ1n) is 9.77. The number of nitrogens with one attached hydrogen (secondary N) is 1. The lowest BCUT2D eigenvalue weighted by molar-refractivity contribution is -0.119. The third kappa shape index (κ3) is 3.89. The molecule has 8 nitrogen and oxygen atoms in total. The van der Waals surface area contributed by atoms with Gasteiger partial charge in [0.05, 0.1) is 17.8 Å². The molecule has 0 atom stereocenters. The summed E-state index contributed by atoms with van der Waals surface area (Å²) in [7, 11) is 1.67. The third-order valence-electron chi connectivity index (χ3n) is 5.23. The average molecular weight is 405 g/mol. The third-order valence-corrected chi connectivity index (χ3v) is 5.23. The van der Waals surface area contributed by atoms with Gasteiger partial charge in [-0.25, -0.2) is 0 Å². The van der Waals surface area contributed by atoms with Crippen LogP contribution < -0.4 is 10.5 Å². The second-order valence-corrected chi connectivity index (χ2v) is 7.51. The Morgan fingerprint density at radius 1 is 1.20 bits per heavy atom. The lowest BCUT2D eigenvalue weighted by atomic mass is 10.2. The van der Waals surface area contributed by atoms with Crippen LogP contribution in [0.2, 0.25) is 0 Å². The Balaban J connectivity index is 1.50. The van der Waals surface area contributed by atoms with Crippen molar-refractivity contribution in [2.75, 3.05) is 18.5 Å². The van der Waals surface area contributed by atoms with Gasteiger partial charge in [0.15, 0.2) is 0 Å². The molecule has 0 unspecified atom stereocenters. The van der Waals surface area contributed by atoms with Crippen molar-refractivity contribution in [3.63, 3.8) is 0 Å². The molecule has 3 aromatic rings. The lowest BCUT2D eigenvalue weighted by Gasteiger charge is -2.19. The van der Waals surface area contributed by atoms with Gasteiger partial charge in [0.2, 0.25) is 5.91 Å². The molecule has 2 amide bonds. The van der Waals surface area contributed by atoms with Gasteiger partial charge in [0, 0.05) is 37.2 Å². The molecule has 0 fully saturated rings. The first-order chi connectivity index (χ1) is 14.4. The van der Waals surface area contributed by atoms with Crippen molar-refractivity contribution in [1.82, 2.24) is 19.7 Å². The van der Waals surface area contributed by atoms with Crippen LogP contribution >= 0.6 is 0 Å². The number of aromatic nitrogens is 3. The van der Waals surface area contributed by atoms with Crippen LogP contribution in [-0.4, -0.2) is 45.1 Å². The molecule has 1 aromatic carbocycles. The zero-order valence-corrected chi connectivity index (χ0v) is 17.0. The van der Waals surface area contributed by atoms with Crippen LogP contribution in [0.15, 0.2) is 53.5 Å². The monoisotopic (exact) mass is 405 g/mol. The first kappa shape index (κ1) is 19.6. The number of benzene rings is 1. The highest BCUT2D eigenvalue weighted by Gasteiger charge is 2.24. The minimum atomic E-state index is -0.321. The number of amides is 2. The molecule has 1 aliphatic heterocycles. The van der Waals surface area contributed by atoms with E-state index in [1.54, 1.807) is 11.9 Å². The molecule has 8 heteroatoms. The van der Waals surface area contributed by atoms with E-state index in [0.717, 1.165) is 29.1 Å². The fraction of sp³-hybridized carbons (Fsp3) is 0.273. The number of fused-ring (bicyclic) bond motifs is 1. The second kappa shape index (κ2) is 7.98. The van der Waals surface area contributed by atoms with E-state index in [1.165, 1.54) is 27.8 Å². The van der Waals surface area contributed by atoms with Crippen molar-refractivity contribution < 1.29 is 9.59 Å². The SMILES string of the molecule is Cc1cc(CN(C)C(=O)c2ccc(=O)n(CC(=O)N3CCc4ccccc43)c2)n[nH]1. The number of hydrogen-bond donors (Lipinski definition) is 1. The number of aromatic amines is 1. The number of H-pyrrole nitrogens is 1. The number of hydrogen-bond acceptors (Lipinski definition) is 4. The van der Waals surface area contributed by atoms with Crippen LogP contribution in [0.1, 0.15) is 27.3 Å². The van der Waals surface area contributed by atoms with Crippen LogP contribution in [0.4, 0.5) is 5.69 Å². The maximum absolute atomic E-state index is 12.8. The molecule has 0 aliphatic carbocycles. The zero-order chi connectivity index (χ0) is 21.3. The highest BCUT2D eigenvalue weighted by Crippen LogP contribution is 2.27. The number of nitrogens with zero attached hydrogens (tertiary/aromatic N) is 4. The Hall–Kier alpha value is -3.68. The van der Waals surface area contributed by atoms with Crippen LogP contribution in [0, 0.1) is 6.92 Å². The summed E-state index contributed by atoms with van der Waals surface area (Å²) in [4.78, 5) is 41.2. The Kier molecular flexibility index (Phi) is 5.22. The van der Waals surface area contributed by atoms with Crippen LogP contribution in [0.25, 0.3) is 0 Å². The van der Waals surface area contributed by atoms with E-state index in [9.17, 15) is 14.4 Å². The summed E-state index contributed by atoms with van der Waals surface area (Å²) in [5.41, 5.74) is 3.70. The molecule has 4 rings (SSSR count). The summed E-state index contributed by atoms with van der Waals surface area (Å²) >= 11 is 0. The van der Waals surface area contributed by atoms with Gasteiger partial charge in [-0.05, 0) is 37.1 Å². The van der Waals surface area contributed by atoms with E-state index < -0.39 is 0 Å². The molecule has 0 bridgehead atoms. The van der Waals surface area contributed by atoms with Gasteiger partial charge < -0.3 is 14.4 Å². The van der Waals surface area contributed by atoms with E-state index in [-0.39, 0.29) is 23.9 Å². The first-order valence-corrected chi connectivity index (χ1v) is 9.77. The Morgan fingerprint density at radius 3 is 2.77 bits per heavy atom. The summed E-state index contributed by atoms with van der Waals surface area (Å²) in [5, 5.41) is 6.99. The minimum absolute atomic E-state index is 0.115. The highest BCUT2D eigenvalue weighted by atomic mass is 16.2. The van der Waals surface area contributed by atoms with Crippen LogP contribution in [-0.2, 0) is 24.3 Å². The van der Waals surface area contributed by atoms with Gasteiger partial charge in [0.1, 0.15) is 6.54 Å². The van der Waals surface area contributed by atoms with Crippen molar-refractivity contribution in [2.45, 2.75) is 26.4 Å². The maximum Gasteiger partial charge on any atom is 0.255 e. The largest absolute Gasteiger partial charge is 0.336 e. The van der Waals surface area contributed by atoms with E-state index in [1.807, 2.05) is 37.3 Å². The van der Waals surface area contributed by atoms with E-state index in [2.05, 4.69) is 10.2 Å². The maximum atomic E-state index is 12.8. The van der Waals surface area contributed by atoms with Crippen molar-refractivity contribution in [2.24, 2.45) is 0 Å². The van der Waals surface area contributed by atoms with E-state index >= 15 is 0 Å². The number of pyridine rings is 1. The number of aryl methyl sites for hydroxylation is 1. The molecule has 1 aliphatic rings.